The quantitative estimate of drug-likeness (QED) is 0.812. The van der Waals surface area contributed by atoms with Crippen molar-refractivity contribution in [2.75, 3.05) is 13.7 Å². The summed E-state index contributed by atoms with van der Waals surface area (Å²) in [6.07, 6.45) is 1.90. The summed E-state index contributed by atoms with van der Waals surface area (Å²) in [6, 6.07) is 6.74. The first-order chi connectivity index (χ1) is 10.1. The van der Waals surface area contributed by atoms with E-state index in [4.69, 9.17) is 4.74 Å². The fraction of sp³-hybridized carbons (Fsp3) is 0.647. The Morgan fingerprint density at radius 1 is 1.43 bits per heavy atom. The zero-order valence-corrected chi connectivity index (χ0v) is 14.2. The lowest BCUT2D eigenvalue weighted by Crippen LogP contribution is -2.30. The Balaban J connectivity index is 2.19. The largest absolute Gasteiger partial charge is 0.497 e. The summed E-state index contributed by atoms with van der Waals surface area (Å²) < 4.78 is 5.37. The molecule has 0 saturated carbocycles. The third-order valence-corrected chi connectivity index (χ3v) is 5.78. The van der Waals surface area contributed by atoms with Crippen LogP contribution in [-0.2, 0) is 6.42 Å². The predicted octanol–water partition coefficient (Wildman–Crippen LogP) is 3.16. The number of nitrogens with one attached hydrogen (secondary N) is 1. The number of methoxy groups -OCH3 is 1. The van der Waals surface area contributed by atoms with E-state index in [1.807, 2.05) is 24.8 Å². The number of aliphatic hydroxyl groups excluding tert-OH is 1. The molecule has 0 bridgehead atoms. The fourth-order valence-electron chi connectivity index (χ4n) is 2.77. The highest BCUT2D eigenvalue weighted by Crippen LogP contribution is 2.41. The van der Waals surface area contributed by atoms with Gasteiger partial charge in [0.25, 0.3) is 0 Å². The van der Waals surface area contributed by atoms with Crippen molar-refractivity contribution in [3.63, 3.8) is 0 Å². The molecule has 118 valence electrons. The number of hydrogen-bond acceptors (Lipinski definition) is 4. The SMILES string of the molecule is CCCNC1c2cc(OC)ccc2CC1SC(C)C(C)O. The highest BCUT2D eigenvalue weighted by molar-refractivity contribution is 8.00. The maximum absolute atomic E-state index is 9.78. The van der Waals surface area contributed by atoms with Crippen molar-refractivity contribution >= 4 is 11.8 Å². The van der Waals surface area contributed by atoms with E-state index in [2.05, 4.69) is 31.3 Å². The molecule has 0 aromatic heterocycles. The molecule has 2 N–H and O–H groups in total. The Morgan fingerprint density at radius 3 is 2.81 bits per heavy atom. The smallest absolute Gasteiger partial charge is 0.119 e. The summed E-state index contributed by atoms with van der Waals surface area (Å²) in [4.78, 5) is 0. The highest BCUT2D eigenvalue weighted by atomic mass is 32.2. The first kappa shape index (κ1) is 16.7. The van der Waals surface area contributed by atoms with Gasteiger partial charge in [0.15, 0.2) is 0 Å². The van der Waals surface area contributed by atoms with Gasteiger partial charge in [0.05, 0.1) is 13.2 Å². The first-order valence-electron chi connectivity index (χ1n) is 7.80. The molecule has 0 radical (unpaired) electrons. The average molecular weight is 309 g/mol. The van der Waals surface area contributed by atoms with E-state index in [0.29, 0.717) is 11.3 Å². The first-order valence-corrected chi connectivity index (χ1v) is 8.74. The van der Waals surface area contributed by atoms with E-state index in [-0.39, 0.29) is 11.4 Å². The van der Waals surface area contributed by atoms with Crippen LogP contribution in [0.1, 0.15) is 44.4 Å². The molecule has 1 aromatic carbocycles. The van der Waals surface area contributed by atoms with Crippen molar-refractivity contribution in [3.05, 3.63) is 29.3 Å². The zero-order chi connectivity index (χ0) is 15.4. The van der Waals surface area contributed by atoms with Crippen molar-refractivity contribution in [1.29, 1.82) is 0 Å². The molecule has 4 atom stereocenters. The second-order valence-electron chi connectivity index (χ2n) is 5.82. The number of aliphatic hydroxyl groups is 1. The Hall–Kier alpha value is -0.710. The van der Waals surface area contributed by atoms with E-state index in [1.54, 1.807) is 7.11 Å². The molecular weight excluding hydrogens is 282 g/mol. The molecule has 0 fully saturated rings. The van der Waals surface area contributed by atoms with Crippen LogP contribution in [0.15, 0.2) is 18.2 Å². The Kier molecular flexibility index (Phi) is 5.97. The van der Waals surface area contributed by atoms with Gasteiger partial charge in [-0.05, 0) is 49.6 Å². The van der Waals surface area contributed by atoms with Gasteiger partial charge in [-0.2, -0.15) is 11.8 Å². The minimum atomic E-state index is -0.278. The van der Waals surface area contributed by atoms with Crippen molar-refractivity contribution in [2.45, 2.75) is 56.3 Å². The van der Waals surface area contributed by atoms with Gasteiger partial charge in [-0.1, -0.05) is 19.9 Å². The van der Waals surface area contributed by atoms with Gasteiger partial charge in [0.1, 0.15) is 5.75 Å². The maximum atomic E-state index is 9.78. The van der Waals surface area contributed by atoms with Crippen molar-refractivity contribution in [3.8, 4) is 5.75 Å². The lowest BCUT2D eigenvalue weighted by Gasteiger charge is -2.25. The summed E-state index contributed by atoms with van der Waals surface area (Å²) in [5.41, 5.74) is 2.76. The van der Waals surface area contributed by atoms with Crippen molar-refractivity contribution < 1.29 is 9.84 Å². The molecule has 2 rings (SSSR count). The van der Waals surface area contributed by atoms with Crippen LogP contribution in [0.4, 0.5) is 0 Å². The third kappa shape index (κ3) is 3.93. The Bertz CT molecular complexity index is 464. The van der Waals surface area contributed by atoms with E-state index in [9.17, 15) is 5.11 Å². The Labute approximate surface area is 132 Å². The summed E-state index contributed by atoms with van der Waals surface area (Å²) in [6.45, 7) is 7.18. The molecule has 1 aliphatic carbocycles. The number of hydrogen-bond donors (Lipinski definition) is 2. The molecule has 4 heteroatoms. The fourth-order valence-corrected chi connectivity index (χ4v) is 4.22. The number of thioether (sulfide) groups is 1. The zero-order valence-electron chi connectivity index (χ0n) is 13.4. The monoisotopic (exact) mass is 309 g/mol. The van der Waals surface area contributed by atoms with Gasteiger partial charge in [0, 0.05) is 16.5 Å². The lowest BCUT2D eigenvalue weighted by atomic mass is 10.1. The molecule has 1 aromatic rings. The second-order valence-corrected chi connectivity index (χ2v) is 7.44. The summed E-state index contributed by atoms with van der Waals surface area (Å²) in [5, 5.41) is 14.2. The van der Waals surface area contributed by atoms with Crippen LogP contribution >= 0.6 is 11.8 Å². The van der Waals surface area contributed by atoms with Crippen LogP contribution in [0.3, 0.4) is 0 Å². The standard InChI is InChI=1S/C17H27NO2S/c1-5-8-18-17-15-10-14(20-4)7-6-13(15)9-16(17)21-12(3)11(2)19/h6-7,10-12,16-19H,5,8-9H2,1-4H3. The van der Waals surface area contributed by atoms with Gasteiger partial charge in [-0.25, -0.2) is 0 Å². The van der Waals surface area contributed by atoms with Gasteiger partial charge < -0.3 is 15.2 Å². The van der Waals surface area contributed by atoms with Gasteiger partial charge in [-0.3, -0.25) is 0 Å². The Morgan fingerprint density at radius 2 is 2.19 bits per heavy atom. The van der Waals surface area contributed by atoms with E-state index in [1.165, 1.54) is 11.1 Å². The topological polar surface area (TPSA) is 41.5 Å². The summed E-state index contributed by atoms with van der Waals surface area (Å²) in [7, 11) is 1.72. The normalized spacial score (nSPS) is 23.7. The third-order valence-electron chi connectivity index (χ3n) is 4.16. The van der Waals surface area contributed by atoms with E-state index in [0.717, 1.165) is 25.1 Å². The molecule has 4 unspecified atom stereocenters. The molecular formula is C17H27NO2S. The molecule has 0 amide bonds. The van der Waals surface area contributed by atoms with Gasteiger partial charge in [-0.15, -0.1) is 0 Å². The molecule has 0 aliphatic heterocycles. The van der Waals surface area contributed by atoms with Crippen LogP contribution in [0.25, 0.3) is 0 Å². The second kappa shape index (κ2) is 7.52. The average Bonchev–Trinajstić information content (AvgIpc) is 2.81. The van der Waals surface area contributed by atoms with E-state index < -0.39 is 0 Å². The molecule has 0 spiro atoms. The minimum absolute atomic E-state index is 0.247. The van der Waals surface area contributed by atoms with Crippen LogP contribution in [0, 0.1) is 0 Å². The van der Waals surface area contributed by atoms with Crippen LogP contribution in [-0.4, -0.2) is 35.4 Å². The number of rotatable bonds is 7. The molecule has 0 saturated heterocycles. The lowest BCUT2D eigenvalue weighted by molar-refractivity contribution is 0.196. The molecule has 3 nitrogen and oxygen atoms in total. The summed E-state index contributed by atoms with van der Waals surface area (Å²) in [5.74, 6) is 0.922. The van der Waals surface area contributed by atoms with Gasteiger partial charge in [0.2, 0.25) is 0 Å². The van der Waals surface area contributed by atoms with Crippen LogP contribution in [0.2, 0.25) is 0 Å². The molecule has 21 heavy (non-hydrogen) atoms. The highest BCUT2D eigenvalue weighted by Gasteiger charge is 2.34. The number of fused-ring (bicyclic) bond motifs is 1. The minimum Gasteiger partial charge on any atom is -0.497 e. The van der Waals surface area contributed by atoms with Crippen LogP contribution < -0.4 is 10.1 Å². The molecule has 0 heterocycles. The summed E-state index contributed by atoms with van der Waals surface area (Å²) >= 11 is 1.89. The van der Waals surface area contributed by atoms with Crippen LogP contribution in [0.5, 0.6) is 5.75 Å². The van der Waals surface area contributed by atoms with E-state index >= 15 is 0 Å². The van der Waals surface area contributed by atoms with Gasteiger partial charge >= 0.3 is 0 Å². The van der Waals surface area contributed by atoms with Crippen molar-refractivity contribution in [2.24, 2.45) is 0 Å². The predicted molar refractivity (Wildman–Crippen MR) is 90.3 cm³/mol. The number of benzene rings is 1. The van der Waals surface area contributed by atoms with Crippen molar-refractivity contribution in [1.82, 2.24) is 5.32 Å². The maximum Gasteiger partial charge on any atom is 0.119 e. The number of ether oxygens (including phenoxy) is 1. The molecule has 1 aliphatic rings.